The van der Waals surface area contributed by atoms with Crippen molar-refractivity contribution in [3.63, 3.8) is 0 Å². The molecule has 0 aromatic carbocycles. The molecule has 0 saturated carbocycles. The maximum atomic E-state index is 12.3. The van der Waals surface area contributed by atoms with E-state index in [2.05, 4.69) is 17.9 Å². The monoisotopic (exact) mass is 261 g/mol. The third-order valence-electron chi connectivity index (χ3n) is 3.70. The molecule has 19 heavy (non-hydrogen) atoms. The van der Waals surface area contributed by atoms with Crippen LogP contribution in [0.4, 0.5) is 0 Å². The smallest absolute Gasteiger partial charge is 0.257 e. The second-order valence-corrected chi connectivity index (χ2v) is 4.93. The van der Waals surface area contributed by atoms with Gasteiger partial charge in [0, 0.05) is 32.2 Å². The molecule has 102 valence electrons. The van der Waals surface area contributed by atoms with Gasteiger partial charge in [-0.3, -0.25) is 9.69 Å². The van der Waals surface area contributed by atoms with E-state index in [9.17, 15) is 4.79 Å². The van der Waals surface area contributed by atoms with Gasteiger partial charge in [0.15, 0.2) is 0 Å². The van der Waals surface area contributed by atoms with Gasteiger partial charge in [0.2, 0.25) is 0 Å². The molecule has 5 heteroatoms. The van der Waals surface area contributed by atoms with Crippen LogP contribution in [0.3, 0.4) is 0 Å². The van der Waals surface area contributed by atoms with Crippen molar-refractivity contribution in [2.45, 2.75) is 26.3 Å². The SMILES string of the molecule is Cc1occc1C(=O)N1CCN([C@H](C)CC#N)CC1. The second kappa shape index (κ2) is 5.89. The summed E-state index contributed by atoms with van der Waals surface area (Å²) in [5.74, 6) is 0.712. The molecule has 5 nitrogen and oxygen atoms in total. The Hall–Kier alpha value is -1.80. The Morgan fingerprint density at radius 2 is 2.16 bits per heavy atom. The summed E-state index contributed by atoms with van der Waals surface area (Å²) in [6.07, 6.45) is 2.09. The summed E-state index contributed by atoms with van der Waals surface area (Å²) in [4.78, 5) is 16.4. The van der Waals surface area contributed by atoms with Crippen LogP contribution in [0.5, 0.6) is 0 Å². The number of piperazine rings is 1. The van der Waals surface area contributed by atoms with Gasteiger partial charge in [-0.1, -0.05) is 0 Å². The lowest BCUT2D eigenvalue weighted by molar-refractivity contribution is 0.0584. The summed E-state index contributed by atoms with van der Waals surface area (Å²) in [6.45, 7) is 6.93. The minimum atomic E-state index is 0.0406. The Bertz CT molecular complexity index is 481. The van der Waals surface area contributed by atoms with Crippen LogP contribution >= 0.6 is 0 Å². The van der Waals surface area contributed by atoms with E-state index in [0.29, 0.717) is 30.8 Å². The van der Waals surface area contributed by atoms with Crippen LogP contribution < -0.4 is 0 Å². The number of hydrogen-bond acceptors (Lipinski definition) is 4. The van der Waals surface area contributed by atoms with Crippen molar-refractivity contribution < 1.29 is 9.21 Å². The van der Waals surface area contributed by atoms with Gasteiger partial charge in [0.05, 0.1) is 24.3 Å². The molecule has 2 heterocycles. The lowest BCUT2D eigenvalue weighted by Crippen LogP contribution is -2.51. The molecule has 0 bridgehead atoms. The number of carbonyl (C=O) groups is 1. The fourth-order valence-corrected chi connectivity index (χ4v) is 2.40. The number of furan rings is 1. The van der Waals surface area contributed by atoms with Crippen molar-refractivity contribution in [2.24, 2.45) is 0 Å². The van der Waals surface area contributed by atoms with E-state index in [1.54, 1.807) is 19.3 Å². The van der Waals surface area contributed by atoms with Gasteiger partial charge in [0.25, 0.3) is 5.91 Å². The van der Waals surface area contributed by atoms with Crippen molar-refractivity contribution >= 4 is 5.91 Å². The summed E-state index contributed by atoms with van der Waals surface area (Å²) in [6, 6.07) is 4.18. The average Bonchev–Trinajstić information content (AvgIpc) is 2.84. The highest BCUT2D eigenvalue weighted by Crippen LogP contribution is 2.15. The summed E-state index contributed by atoms with van der Waals surface area (Å²) in [5.41, 5.74) is 0.651. The van der Waals surface area contributed by atoms with Crippen LogP contribution in [0.25, 0.3) is 0 Å². The van der Waals surface area contributed by atoms with E-state index < -0.39 is 0 Å². The van der Waals surface area contributed by atoms with Gasteiger partial charge in [-0.15, -0.1) is 0 Å². The van der Waals surface area contributed by atoms with Crippen LogP contribution in [-0.2, 0) is 0 Å². The molecule has 1 saturated heterocycles. The van der Waals surface area contributed by atoms with Crippen LogP contribution in [0.15, 0.2) is 16.7 Å². The largest absolute Gasteiger partial charge is 0.469 e. The summed E-state index contributed by atoms with van der Waals surface area (Å²) < 4.78 is 5.17. The highest BCUT2D eigenvalue weighted by Gasteiger charge is 2.25. The topological polar surface area (TPSA) is 60.5 Å². The molecule has 1 atom stereocenters. The maximum absolute atomic E-state index is 12.3. The predicted molar refractivity (Wildman–Crippen MR) is 70.6 cm³/mol. The number of rotatable bonds is 3. The predicted octanol–water partition coefficient (Wildman–Crippen LogP) is 1.65. The molecule has 0 spiro atoms. The molecular formula is C14H19N3O2. The Labute approximate surface area is 113 Å². The van der Waals surface area contributed by atoms with Crippen molar-refractivity contribution in [1.82, 2.24) is 9.80 Å². The highest BCUT2D eigenvalue weighted by molar-refractivity contribution is 5.95. The number of amides is 1. The Morgan fingerprint density at radius 3 is 2.68 bits per heavy atom. The fourth-order valence-electron chi connectivity index (χ4n) is 2.40. The Kier molecular flexibility index (Phi) is 4.23. The number of nitriles is 1. The van der Waals surface area contributed by atoms with E-state index in [4.69, 9.17) is 9.68 Å². The normalized spacial score (nSPS) is 18.1. The van der Waals surface area contributed by atoms with Gasteiger partial charge in [-0.2, -0.15) is 5.26 Å². The molecule has 1 fully saturated rings. The summed E-state index contributed by atoms with van der Waals surface area (Å²) >= 11 is 0. The lowest BCUT2D eigenvalue weighted by atomic mass is 10.1. The number of carbonyl (C=O) groups excluding carboxylic acids is 1. The average molecular weight is 261 g/mol. The molecule has 1 aliphatic heterocycles. The Balaban J connectivity index is 1.92. The van der Waals surface area contributed by atoms with Crippen LogP contribution in [0.2, 0.25) is 0 Å². The zero-order valence-electron chi connectivity index (χ0n) is 11.4. The van der Waals surface area contributed by atoms with Gasteiger partial charge < -0.3 is 9.32 Å². The number of nitrogens with zero attached hydrogens (tertiary/aromatic N) is 3. The van der Waals surface area contributed by atoms with E-state index in [0.717, 1.165) is 13.1 Å². The molecule has 1 aromatic heterocycles. The highest BCUT2D eigenvalue weighted by atomic mass is 16.3. The standard InChI is InChI=1S/C14H19N3O2/c1-11(3-5-15)16-6-8-17(9-7-16)14(18)13-4-10-19-12(13)2/h4,10-11H,3,6-9H2,1-2H3/t11-/m1/s1. The minimum Gasteiger partial charge on any atom is -0.469 e. The fraction of sp³-hybridized carbons (Fsp3) is 0.571. The van der Waals surface area contributed by atoms with E-state index >= 15 is 0 Å². The zero-order valence-corrected chi connectivity index (χ0v) is 11.4. The molecule has 0 unspecified atom stereocenters. The zero-order chi connectivity index (χ0) is 13.8. The number of hydrogen-bond donors (Lipinski definition) is 0. The summed E-state index contributed by atoms with van der Waals surface area (Å²) in [7, 11) is 0. The van der Waals surface area contributed by atoms with Crippen LogP contribution in [-0.4, -0.2) is 47.9 Å². The third kappa shape index (κ3) is 2.96. The van der Waals surface area contributed by atoms with Crippen LogP contribution in [0.1, 0.15) is 29.5 Å². The van der Waals surface area contributed by atoms with Crippen molar-refractivity contribution in [1.29, 1.82) is 5.26 Å². The maximum Gasteiger partial charge on any atom is 0.257 e. The second-order valence-electron chi connectivity index (χ2n) is 4.93. The molecule has 1 aliphatic rings. The summed E-state index contributed by atoms with van der Waals surface area (Å²) in [5, 5.41) is 8.71. The molecule has 1 aromatic rings. The molecule has 0 radical (unpaired) electrons. The Morgan fingerprint density at radius 1 is 1.47 bits per heavy atom. The molecule has 2 rings (SSSR count). The van der Waals surface area contributed by atoms with E-state index in [1.807, 2.05) is 4.90 Å². The first-order valence-electron chi connectivity index (χ1n) is 6.58. The van der Waals surface area contributed by atoms with Gasteiger partial charge in [-0.05, 0) is 19.9 Å². The quantitative estimate of drug-likeness (QED) is 0.830. The van der Waals surface area contributed by atoms with Gasteiger partial charge in [-0.25, -0.2) is 0 Å². The molecule has 0 N–H and O–H groups in total. The first kappa shape index (κ1) is 13.6. The van der Waals surface area contributed by atoms with Crippen LogP contribution in [0, 0.1) is 18.3 Å². The van der Waals surface area contributed by atoms with Gasteiger partial charge in [0.1, 0.15) is 5.76 Å². The number of aryl methyl sites for hydroxylation is 1. The lowest BCUT2D eigenvalue weighted by Gasteiger charge is -2.37. The van der Waals surface area contributed by atoms with E-state index in [-0.39, 0.29) is 11.9 Å². The molecule has 0 aliphatic carbocycles. The van der Waals surface area contributed by atoms with E-state index in [1.165, 1.54) is 0 Å². The first-order valence-corrected chi connectivity index (χ1v) is 6.58. The minimum absolute atomic E-state index is 0.0406. The van der Waals surface area contributed by atoms with Crippen molar-refractivity contribution in [3.05, 3.63) is 23.7 Å². The van der Waals surface area contributed by atoms with Crippen molar-refractivity contribution in [3.8, 4) is 6.07 Å². The van der Waals surface area contributed by atoms with Crippen molar-refractivity contribution in [2.75, 3.05) is 26.2 Å². The van der Waals surface area contributed by atoms with Gasteiger partial charge >= 0.3 is 0 Å². The molecule has 1 amide bonds. The first-order chi connectivity index (χ1) is 9.13. The molecular weight excluding hydrogens is 242 g/mol. The third-order valence-corrected chi connectivity index (χ3v) is 3.70.